The van der Waals surface area contributed by atoms with Crippen LogP contribution in [0, 0.1) is 13.8 Å². The minimum absolute atomic E-state index is 0.654. The SMILES string of the molecule is Cc1ncc(NC2CC2)nc1C. The van der Waals surface area contributed by atoms with E-state index in [1.165, 1.54) is 12.8 Å². The molecule has 0 amide bonds. The smallest absolute Gasteiger partial charge is 0.145 e. The highest BCUT2D eigenvalue weighted by molar-refractivity contribution is 5.35. The zero-order valence-corrected chi connectivity index (χ0v) is 7.46. The van der Waals surface area contributed by atoms with E-state index in [1.54, 1.807) is 6.20 Å². The van der Waals surface area contributed by atoms with E-state index >= 15 is 0 Å². The maximum absolute atomic E-state index is 4.38. The standard InChI is InChI=1S/C9H13N3/c1-6-7(2)11-9(5-10-6)12-8-3-4-8/h5,8H,3-4H2,1-2H3,(H,11,12). The Balaban J connectivity index is 2.15. The second-order valence-corrected chi connectivity index (χ2v) is 3.34. The predicted molar refractivity (Wildman–Crippen MR) is 48.2 cm³/mol. The fourth-order valence-electron chi connectivity index (χ4n) is 1.05. The minimum atomic E-state index is 0.654. The Hall–Kier alpha value is -1.12. The first-order chi connectivity index (χ1) is 5.75. The van der Waals surface area contributed by atoms with Crippen LogP contribution in [-0.2, 0) is 0 Å². The summed E-state index contributed by atoms with van der Waals surface area (Å²) in [4.78, 5) is 8.61. The maximum atomic E-state index is 4.38. The minimum Gasteiger partial charge on any atom is -0.366 e. The summed E-state index contributed by atoms with van der Waals surface area (Å²) in [5.74, 6) is 0.917. The van der Waals surface area contributed by atoms with Crippen molar-refractivity contribution in [3.8, 4) is 0 Å². The second kappa shape index (κ2) is 2.73. The monoisotopic (exact) mass is 163 g/mol. The van der Waals surface area contributed by atoms with Crippen LogP contribution in [0.1, 0.15) is 24.2 Å². The van der Waals surface area contributed by atoms with Crippen molar-refractivity contribution in [1.29, 1.82) is 0 Å². The van der Waals surface area contributed by atoms with Gasteiger partial charge in [0.15, 0.2) is 0 Å². The van der Waals surface area contributed by atoms with Gasteiger partial charge in [-0.2, -0.15) is 0 Å². The van der Waals surface area contributed by atoms with Crippen LogP contribution in [-0.4, -0.2) is 16.0 Å². The molecule has 1 aliphatic rings. The Morgan fingerprint density at radius 3 is 2.67 bits per heavy atom. The molecule has 0 atom stereocenters. The van der Waals surface area contributed by atoms with Crippen LogP contribution >= 0.6 is 0 Å². The van der Waals surface area contributed by atoms with Crippen LogP contribution in [0.3, 0.4) is 0 Å². The average Bonchev–Trinajstić information content (AvgIpc) is 2.81. The molecule has 1 N–H and O–H groups in total. The Kier molecular flexibility index (Phi) is 1.71. The number of nitrogens with zero attached hydrogens (tertiary/aromatic N) is 2. The van der Waals surface area contributed by atoms with E-state index in [2.05, 4.69) is 15.3 Å². The van der Waals surface area contributed by atoms with E-state index in [9.17, 15) is 0 Å². The van der Waals surface area contributed by atoms with Gasteiger partial charge in [-0.05, 0) is 26.7 Å². The highest BCUT2D eigenvalue weighted by atomic mass is 15.1. The third-order valence-electron chi connectivity index (χ3n) is 2.12. The zero-order valence-electron chi connectivity index (χ0n) is 7.46. The number of aromatic nitrogens is 2. The van der Waals surface area contributed by atoms with Crippen molar-refractivity contribution in [2.45, 2.75) is 32.7 Å². The number of hydrogen-bond donors (Lipinski definition) is 1. The first-order valence-electron chi connectivity index (χ1n) is 4.32. The van der Waals surface area contributed by atoms with E-state index in [0.717, 1.165) is 17.2 Å². The molecule has 0 aliphatic heterocycles. The molecule has 1 heterocycles. The summed E-state index contributed by atoms with van der Waals surface area (Å²) in [6.07, 6.45) is 4.35. The van der Waals surface area contributed by atoms with E-state index < -0.39 is 0 Å². The molecule has 64 valence electrons. The summed E-state index contributed by atoms with van der Waals surface area (Å²) in [7, 11) is 0. The number of anilines is 1. The molecule has 3 heteroatoms. The van der Waals surface area contributed by atoms with Crippen LogP contribution in [0.5, 0.6) is 0 Å². The van der Waals surface area contributed by atoms with Crippen LogP contribution in [0.4, 0.5) is 5.82 Å². The topological polar surface area (TPSA) is 37.8 Å². The molecule has 1 aliphatic carbocycles. The van der Waals surface area contributed by atoms with Gasteiger partial charge in [-0.3, -0.25) is 4.98 Å². The molecular weight excluding hydrogens is 150 g/mol. The summed E-state index contributed by atoms with van der Waals surface area (Å²) in [5, 5.41) is 3.31. The Labute approximate surface area is 72.2 Å². The summed E-state index contributed by atoms with van der Waals surface area (Å²) in [5.41, 5.74) is 2.02. The second-order valence-electron chi connectivity index (χ2n) is 3.34. The van der Waals surface area contributed by atoms with Crippen molar-refractivity contribution < 1.29 is 0 Å². The molecule has 1 fully saturated rings. The molecule has 0 radical (unpaired) electrons. The molecule has 2 rings (SSSR count). The van der Waals surface area contributed by atoms with E-state index in [-0.39, 0.29) is 0 Å². The lowest BCUT2D eigenvalue weighted by molar-refractivity contribution is 1.02. The van der Waals surface area contributed by atoms with Crippen LogP contribution in [0.25, 0.3) is 0 Å². The highest BCUT2D eigenvalue weighted by Crippen LogP contribution is 2.23. The van der Waals surface area contributed by atoms with Gasteiger partial charge in [0.2, 0.25) is 0 Å². The highest BCUT2D eigenvalue weighted by Gasteiger charge is 2.21. The molecule has 0 aromatic carbocycles. The number of nitrogens with one attached hydrogen (secondary N) is 1. The quantitative estimate of drug-likeness (QED) is 0.720. The lowest BCUT2D eigenvalue weighted by atomic mass is 10.3. The summed E-state index contributed by atoms with van der Waals surface area (Å²) in [6, 6.07) is 0.654. The first kappa shape index (κ1) is 7.53. The van der Waals surface area contributed by atoms with Crippen LogP contribution in [0.15, 0.2) is 6.20 Å². The zero-order chi connectivity index (χ0) is 8.55. The molecular formula is C9H13N3. The van der Waals surface area contributed by atoms with Gasteiger partial charge in [0.1, 0.15) is 5.82 Å². The van der Waals surface area contributed by atoms with E-state index in [0.29, 0.717) is 6.04 Å². The normalized spacial score (nSPS) is 16.2. The summed E-state index contributed by atoms with van der Waals surface area (Å²) < 4.78 is 0. The fourth-order valence-corrected chi connectivity index (χ4v) is 1.05. The van der Waals surface area contributed by atoms with E-state index in [1.807, 2.05) is 13.8 Å². The van der Waals surface area contributed by atoms with Gasteiger partial charge in [0.25, 0.3) is 0 Å². The van der Waals surface area contributed by atoms with Crippen molar-refractivity contribution >= 4 is 5.82 Å². The molecule has 0 unspecified atom stereocenters. The Morgan fingerprint density at radius 2 is 2.08 bits per heavy atom. The molecule has 3 nitrogen and oxygen atoms in total. The summed E-state index contributed by atoms with van der Waals surface area (Å²) >= 11 is 0. The van der Waals surface area contributed by atoms with Gasteiger partial charge < -0.3 is 5.32 Å². The van der Waals surface area contributed by atoms with Crippen molar-refractivity contribution in [3.05, 3.63) is 17.6 Å². The van der Waals surface area contributed by atoms with Crippen LogP contribution in [0.2, 0.25) is 0 Å². The molecule has 0 saturated heterocycles. The molecule has 0 spiro atoms. The number of rotatable bonds is 2. The third-order valence-corrected chi connectivity index (χ3v) is 2.12. The molecule has 0 bridgehead atoms. The number of aryl methyl sites for hydroxylation is 2. The van der Waals surface area contributed by atoms with Gasteiger partial charge in [-0.1, -0.05) is 0 Å². The van der Waals surface area contributed by atoms with Crippen LogP contribution < -0.4 is 5.32 Å². The Bertz CT molecular complexity index is 292. The van der Waals surface area contributed by atoms with Crippen molar-refractivity contribution in [2.24, 2.45) is 0 Å². The third kappa shape index (κ3) is 1.55. The molecule has 1 aromatic heterocycles. The van der Waals surface area contributed by atoms with Gasteiger partial charge in [0, 0.05) is 6.04 Å². The summed E-state index contributed by atoms with van der Waals surface area (Å²) in [6.45, 7) is 3.96. The lowest BCUT2D eigenvalue weighted by Crippen LogP contribution is -2.05. The largest absolute Gasteiger partial charge is 0.366 e. The lowest BCUT2D eigenvalue weighted by Gasteiger charge is -2.04. The van der Waals surface area contributed by atoms with Gasteiger partial charge in [-0.25, -0.2) is 4.98 Å². The van der Waals surface area contributed by atoms with Crippen molar-refractivity contribution in [3.63, 3.8) is 0 Å². The van der Waals surface area contributed by atoms with Crippen molar-refractivity contribution in [2.75, 3.05) is 5.32 Å². The average molecular weight is 163 g/mol. The molecule has 12 heavy (non-hydrogen) atoms. The fraction of sp³-hybridized carbons (Fsp3) is 0.556. The Morgan fingerprint density at radius 1 is 1.33 bits per heavy atom. The van der Waals surface area contributed by atoms with Gasteiger partial charge in [0.05, 0.1) is 17.6 Å². The molecule has 1 aromatic rings. The first-order valence-corrected chi connectivity index (χ1v) is 4.32. The van der Waals surface area contributed by atoms with Crippen molar-refractivity contribution in [1.82, 2.24) is 9.97 Å². The predicted octanol–water partition coefficient (Wildman–Crippen LogP) is 1.67. The van der Waals surface area contributed by atoms with Gasteiger partial charge in [-0.15, -0.1) is 0 Å². The molecule has 1 saturated carbocycles. The van der Waals surface area contributed by atoms with Gasteiger partial charge >= 0.3 is 0 Å². The maximum Gasteiger partial charge on any atom is 0.145 e. The van der Waals surface area contributed by atoms with E-state index in [4.69, 9.17) is 0 Å². The number of hydrogen-bond acceptors (Lipinski definition) is 3.